The second-order valence-corrected chi connectivity index (χ2v) is 4.33. The number of hydrogen-bond donors (Lipinski definition) is 0. The summed E-state index contributed by atoms with van der Waals surface area (Å²) in [6.07, 6.45) is 4.79. The fraction of sp³-hybridized carbons (Fsp3) is 0. The molecule has 1 aromatic carbocycles. The van der Waals surface area contributed by atoms with Gasteiger partial charge in [-0.15, -0.1) is 10.2 Å². The van der Waals surface area contributed by atoms with Crippen molar-refractivity contribution in [2.75, 3.05) is 0 Å². The summed E-state index contributed by atoms with van der Waals surface area (Å²) in [5.74, 6) is 0.219. The van der Waals surface area contributed by atoms with Crippen LogP contribution in [0.2, 0.25) is 0 Å². The van der Waals surface area contributed by atoms with Crippen molar-refractivity contribution in [3.63, 3.8) is 0 Å². The van der Waals surface area contributed by atoms with Crippen LogP contribution < -0.4 is 4.74 Å². The summed E-state index contributed by atoms with van der Waals surface area (Å²) in [6, 6.07) is 4.47. The van der Waals surface area contributed by atoms with Crippen LogP contribution in [0.4, 0.5) is 4.39 Å². The smallest absolute Gasteiger partial charge is 0.265 e. The maximum Gasteiger partial charge on any atom is 0.265 e. The normalized spacial score (nSPS) is 10.8. The van der Waals surface area contributed by atoms with Crippen LogP contribution in [0.3, 0.4) is 0 Å². The van der Waals surface area contributed by atoms with E-state index in [2.05, 4.69) is 31.1 Å². The summed E-state index contributed by atoms with van der Waals surface area (Å²) in [5.41, 5.74) is 0.473. The van der Waals surface area contributed by atoms with Gasteiger partial charge in [-0.25, -0.2) is 9.37 Å². The van der Waals surface area contributed by atoms with E-state index in [1.54, 1.807) is 28.9 Å². The second-order valence-electron chi connectivity index (χ2n) is 3.47. The molecule has 2 aromatic heterocycles. The maximum absolute atomic E-state index is 13.4. The Kier molecular flexibility index (Phi) is 2.67. The number of fused-ring (bicyclic) bond motifs is 1. The van der Waals surface area contributed by atoms with Crippen molar-refractivity contribution in [2.24, 2.45) is 0 Å². The minimum atomic E-state index is -0.402. The summed E-state index contributed by atoms with van der Waals surface area (Å²) >= 11 is 3.08. The lowest BCUT2D eigenvalue weighted by atomic mass is 10.3. The van der Waals surface area contributed by atoms with Gasteiger partial charge in [0.25, 0.3) is 5.88 Å². The number of rotatable bonds is 2. The summed E-state index contributed by atoms with van der Waals surface area (Å²) in [4.78, 5) is 4.05. The molecule has 0 fully saturated rings. The number of ether oxygens (including phenoxy) is 1. The number of hydrogen-bond acceptors (Lipinski definition) is 4. The van der Waals surface area contributed by atoms with E-state index in [-0.39, 0.29) is 5.88 Å². The Hall–Kier alpha value is -2.02. The number of aromatic nitrogens is 4. The number of nitrogens with zero attached hydrogens (tertiary/aromatic N) is 4. The lowest BCUT2D eigenvalue weighted by Gasteiger charge is -2.05. The maximum atomic E-state index is 13.4. The van der Waals surface area contributed by atoms with Crippen LogP contribution in [0, 0.1) is 5.82 Å². The first kappa shape index (κ1) is 11.1. The Morgan fingerprint density at radius 2 is 2.22 bits per heavy atom. The van der Waals surface area contributed by atoms with Crippen molar-refractivity contribution in [3.05, 3.63) is 47.2 Å². The van der Waals surface area contributed by atoms with Gasteiger partial charge in [0.1, 0.15) is 17.9 Å². The van der Waals surface area contributed by atoms with Crippen molar-refractivity contribution in [1.29, 1.82) is 0 Å². The molecule has 0 saturated heterocycles. The molecule has 3 aromatic rings. The third kappa shape index (κ3) is 1.92. The summed E-state index contributed by atoms with van der Waals surface area (Å²) < 4.78 is 20.9. The van der Waals surface area contributed by atoms with E-state index in [1.807, 2.05) is 0 Å². The lowest BCUT2D eigenvalue weighted by molar-refractivity contribution is 0.459. The van der Waals surface area contributed by atoms with E-state index in [0.29, 0.717) is 15.9 Å². The first-order valence-corrected chi connectivity index (χ1v) is 5.80. The second kappa shape index (κ2) is 4.34. The van der Waals surface area contributed by atoms with Gasteiger partial charge in [-0.05, 0) is 28.1 Å². The van der Waals surface area contributed by atoms with Crippen molar-refractivity contribution in [3.8, 4) is 11.6 Å². The fourth-order valence-corrected chi connectivity index (χ4v) is 1.71. The molecule has 0 bridgehead atoms. The van der Waals surface area contributed by atoms with E-state index >= 15 is 0 Å². The molecule has 0 unspecified atom stereocenters. The van der Waals surface area contributed by atoms with Gasteiger partial charge in [0.2, 0.25) is 5.65 Å². The van der Waals surface area contributed by atoms with Crippen LogP contribution >= 0.6 is 15.9 Å². The van der Waals surface area contributed by atoms with Crippen LogP contribution in [0.15, 0.2) is 41.4 Å². The van der Waals surface area contributed by atoms with Crippen molar-refractivity contribution < 1.29 is 9.13 Å². The van der Waals surface area contributed by atoms with E-state index < -0.39 is 5.82 Å². The highest BCUT2D eigenvalue weighted by Gasteiger charge is 2.08. The predicted octanol–water partition coefficient (Wildman–Crippen LogP) is 2.82. The Labute approximate surface area is 109 Å². The van der Waals surface area contributed by atoms with Crippen LogP contribution in [0.5, 0.6) is 11.6 Å². The topological polar surface area (TPSA) is 52.3 Å². The Morgan fingerprint density at radius 1 is 1.33 bits per heavy atom. The van der Waals surface area contributed by atoms with E-state index in [4.69, 9.17) is 4.74 Å². The SMILES string of the molecule is Fc1cc(Oc2nccn3cnnc23)ccc1Br. The molecule has 5 nitrogen and oxygen atoms in total. The molecule has 90 valence electrons. The van der Waals surface area contributed by atoms with Gasteiger partial charge in [0, 0.05) is 18.5 Å². The van der Waals surface area contributed by atoms with Gasteiger partial charge in [-0.2, -0.15) is 0 Å². The highest BCUT2D eigenvalue weighted by atomic mass is 79.9. The molecule has 0 saturated carbocycles. The van der Waals surface area contributed by atoms with Crippen LogP contribution in [0.1, 0.15) is 0 Å². The third-order valence-corrected chi connectivity index (χ3v) is 2.93. The lowest BCUT2D eigenvalue weighted by Crippen LogP contribution is -1.93. The summed E-state index contributed by atoms with van der Waals surface area (Å²) in [7, 11) is 0. The highest BCUT2D eigenvalue weighted by Crippen LogP contribution is 2.26. The largest absolute Gasteiger partial charge is 0.436 e. The van der Waals surface area contributed by atoms with Gasteiger partial charge in [-0.3, -0.25) is 4.40 Å². The average Bonchev–Trinajstić information content (AvgIpc) is 2.83. The van der Waals surface area contributed by atoms with Crippen molar-refractivity contribution >= 4 is 21.6 Å². The van der Waals surface area contributed by atoms with E-state index in [1.165, 1.54) is 12.4 Å². The molecule has 0 aliphatic carbocycles. The zero-order valence-corrected chi connectivity index (χ0v) is 10.5. The minimum Gasteiger partial charge on any atom is -0.436 e. The third-order valence-electron chi connectivity index (χ3n) is 2.29. The van der Waals surface area contributed by atoms with Crippen LogP contribution in [-0.2, 0) is 0 Å². The van der Waals surface area contributed by atoms with Crippen molar-refractivity contribution in [1.82, 2.24) is 19.6 Å². The zero-order valence-electron chi connectivity index (χ0n) is 8.92. The Balaban J connectivity index is 2.01. The van der Waals surface area contributed by atoms with Crippen LogP contribution in [0.25, 0.3) is 5.65 Å². The van der Waals surface area contributed by atoms with Gasteiger partial charge in [0.15, 0.2) is 0 Å². The summed E-state index contributed by atoms with van der Waals surface area (Å²) in [5, 5.41) is 7.62. The molecule has 0 aliphatic heterocycles. The first-order chi connectivity index (χ1) is 8.74. The Bertz CT molecular complexity index is 715. The van der Waals surface area contributed by atoms with Gasteiger partial charge < -0.3 is 4.74 Å². The molecule has 0 amide bonds. The molecule has 2 heterocycles. The number of benzene rings is 1. The Morgan fingerprint density at radius 3 is 3.06 bits per heavy atom. The monoisotopic (exact) mass is 308 g/mol. The quantitative estimate of drug-likeness (QED) is 0.730. The molecule has 0 radical (unpaired) electrons. The molecule has 3 rings (SSSR count). The number of halogens is 2. The van der Waals surface area contributed by atoms with E-state index in [0.717, 1.165) is 0 Å². The highest BCUT2D eigenvalue weighted by molar-refractivity contribution is 9.10. The van der Waals surface area contributed by atoms with Gasteiger partial charge in [0.05, 0.1) is 4.47 Å². The van der Waals surface area contributed by atoms with E-state index in [9.17, 15) is 4.39 Å². The van der Waals surface area contributed by atoms with Gasteiger partial charge in [-0.1, -0.05) is 0 Å². The molecule has 0 atom stereocenters. The average molecular weight is 309 g/mol. The zero-order chi connectivity index (χ0) is 12.5. The molecule has 7 heteroatoms. The molecular formula is C11H6BrFN4O. The fourth-order valence-electron chi connectivity index (χ4n) is 1.46. The summed E-state index contributed by atoms with van der Waals surface area (Å²) in [6.45, 7) is 0. The predicted molar refractivity (Wildman–Crippen MR) is 65.0 cm³/mol. The van der Waals surface area contributed by atoms with Crippen molar-refractivity contribution in [2.45, 2.75) is 0 Å². The molecule has 18 heavy (non-hydrogen) atoms. The first-order valence-electron chi connectivity index (χ1n) is 5.01. The minimum absolute atomic E-state index is 0.275. The molecular weight excluding hydrogens is 303 g/mol. The van der Waals surface area contributed by atoms with Crippen LogP contribution in [-0.4, -0.2) is 19.6 Å². The standard InChI is InChI=1S/C11H6BrFN4O/c12-8-2-1-7(5-9(8)13)18-11-10-16-15-6-17(10)4-3-14-11/h1-6H. The molecule has 0 aliphatic rings. The molecule has 0 spiro atoms. The van der Waals surface area contributed by atoms with Gasteiger partial charge >= 0.3 is 0 Å². The molecule has 0 N–H and O–H groups in total.